The van der Waals surface area contributed by atoms with E-state index in [2.05, 4.69) is 17.4 Å². The molecule has 7 nitrogen and oxygen atoms in total. The van der Waals surface area contributed by atoms with Gasteiger partial charge in [-0.05, 0) is 49.9 Å². The van der Waals surface area contributed by atoms with Crippen molar-refractivity contribution >= 4 is 11.6 Å². The van der Waals surface area contributed by atoms with Crippen LogP contribution in [0.2, 0.25) is 0 Å². The van der Waals surface area contributed by atoms with E-state index < -0.39 is 0 Å². The van der Waals surface area contributed by atoms with Crippen LogP contribution in [-0.4, -0.2) is 41.3 Å². The molecule has 0 radical (unpaired) electrons. The highest BCUT2D eigenvalue weighted by Gasteiger charge is 2.15. The fourth-order valence-corrected chi connectivity index (χ4v) is 4.10. The number of aromatic nitrogens is 3. The Balaban J connectivity index is 1.48. The number of aryl methyl sites for hydroxylation is 2. The molecule has 0 aliphatic carbocycles. The number of carbonyl (C=O) groups is 1. The van der Waals surface area contributed by atoms with Crippen LogP contribution in [0.15, 0.2) is 54.6 Å². The molecule has 4 aromatic rings. The van der Waals surface area contributed by atoms with Crippen molar-refractivity contribution in [2.45, 2.75) is 33.1 Å². The topological polar surface area (TPSA) is 77.8 Å². The summed E-state index contributed by atoms with van der Waals surface area (Å²) in [6.07, 6.45) is 1.84. The van der Waals surface area contributed by atoms with Crippen molar-refractivity contribution in [1.29, 1.82) is 0 Å². The molecule has 7 heteroatoms. The molecule has 2 aromatic carbocycles. The maximum absolute atomic E-state index is 12.4. The number of rotatable bonds is 9. The van der Waals surface area contributed by atoms with E-state index in [1.807, 2.05) is 60.8 Å². The largest absolute Gasteiger partial charge is 0.497 e. The summed E-state index contributed by atoms with van der Waals surface area (Å²) >= 11 is 0. The van der Waals surface area contributed by atoms with Crippen LogP contribution in [0.3, 0.4) is 0 Å². The van der Waals surface area contributed by atoms with E-state index >= 15 is 0 Å². The SMILES string of the molecule is COc1cc(OC)cc(-c2cc3nc(C)c(CCC(=O)NCCc4ccccc4)c(C)n3n2)c1. The third kappa shape index (κ3) is 5.20. The lowest BCUT2D eigenvalue weighted by molar-refractivity contribution is -0.121. The number of methoxy groups -OCH3 is 2. The molecule has 4 rings (SSSR count). The molecule has 0 aliphatic rings. The normalized spacial score (nSPS) is 10.9. The summed E-state index contributed by atoms with van der Waals surface area (Å²) in [5, 5.41) is 7.81. The Morgan fingerprint density at radius 1 is 0.971 bits per heavy atom. The van der Waals surface area contributed by atoms with Crippen LogP contribution < -0.4 is 14.8 Å². The molecule has 2 heterocycles. The average Bonchev–Trinajstić information content (AvgIpc) is 3.28. The average molecular weight is 459 g/mol. The van der Waals surface area contributed by atoms with E-state index in [1.54, 1.807) is 14.2 Å². The van der Waals surface area contributed by atoms with Crippen LogP contribution in [0.5, 0.6) is 11.5 Å². The predicted octanol–water partition coefficient (Wildman–Crippen LogP) is 4.32. The van der Waals surface area contributed by atoms with Gasteiger partial charge in [-0.1, -0.05) is 30.3 Å². The zero-order valence-electron chi connectivity index (χ0n) is 20.1. The molecule has 0 spiro atoms. The Morgan fingerprint density at radius 2 is 1.68 bits per heavy atom. The number of hydrogen-bond donors (Lipinski definition) is 1. The van der Waals surface area contributed by atoms with Crippen LogP contribution in [0.4, 0.5) is 0 Å². The van der Waals surface area contributed by atoms with E-state index in [0.717, 1.165) is 40.3 Å². The van der Waals surface area contributed by atoms with Crippen molar-refractivity contribution in [3.05, 3.63) is 77.1 Å². The number of hydrogen-bond acceptors (Lipinski definition) is 5. The molecular weight excluding hydrogens is 428 g/mol. The van der Waals surface area contributed by atoms with Crippen LogP contribution in [0.1, 0.15) is 28.9 Å². The molecule has 0 atom stereocenters. The minimum absolute atomic E-state index is 0.0412. The van der Waals surface area contributed by atoms with Crippen molar-refractivity contribution in [2.75, 3.05) is 20.8 Å². The molecule has 176 valence electrons. The lowest BCUT2D eigenvalue weighted by atomic mass is 10.1. The number of carbonyl (C=O) groups excluding carboxylic acids is 1. The van der Waals surface area contributed by atoms with Crippen molar-refractivity contribution in [3.8, 4) is 22.8 Å². The van der Waals surface area contributed by atoms with E-state index in [1.165, 1.54) is 5.56 Å². The number of nitrogens with zero attached hydrogens (tertiary/aromatic N) is 3. The second-order valence-electron chi connectivity index (χ2n) is 8.25. The number of benzene rings is 2. The van der Waals surface area contributed by atoms with Gasteiger partial charge in [0.1, 0.15) is 11.5 Å². The van der Waals surface area contributed by atoms with Gasteiger partial charge in [-0.3, -0.25) is 4.79 Å². The first-order chi connectivity index (χ1) is 16.5. The maximum atomic E-state index is 12.4. The first kappa shape index (κ1) is 23.3. The highest BCUT2D eigenvalue weighted by atomic mass is 16.5. The van der Waals surface area contributed by atoms with Gasteiger partial charge in [0.2, 0.25) is 5.91 Å². The number of nitrogens with one attached hydrogen (secondary N) is 1. The van der Waals surface area contributed by atoms with Crippen LogP contribution in [0.25, 0.3) is 16.9 Å². The van der Waals surface area contributed by atoms with E-state index in [9.17, 15) is 4.79 Å². The lowest BCUT2D eigenvalue weighted by Crippen LogP contribution is -2.26. The standard InChI is InChI=1S/C27H30N4O3/c1-18-24(10-11-27(32)28-13-12-20-8-6-5-7-9-20)19(2)31-26(29-18)17-25(30-31)21-14-22(33-3)16-23(15-21)34-4/h5-9,14-17H,10-13H2,1-4H3,(H,28,32). The third-order valence-corrected chi connectivity index (χ3v) is 5.99. The van der Waals surface area contributed by atoms with Gasteiger partial charge in [0, 0.05) is 42.0 Å². The zero-order valence-corrected chi connectivity index (χ0v) is 20.1. The van der Waals surface area contributed by atoms with Gasteiger partial charge in [-0.25, -0.2) is 9.50 Å². The highest BCUT2D eigenvalue weighted by molar-refractivity contribution is 5.76. The zero-order chi connectivity index (χ0) is 24.1. The summed E-state index contributed by atoms with van der Waals surface area (Å²) in [5.41, 5.74) is 6.59. The van der Waals surface area contributed by atoms with E-state index in [4.69, 9.17) is 19.6 Å². The Bertz CT molecular complexity index is 1280. The quantitative estimate of drug-likeness (QED) is 0.404. The van der Waals surface area contributed by atoms with Crippen molar-refractivity contribution < 1.29 is 14.3 Å². The molecule has 0 unspecified atom stereocenters. The Morgan fingerprint density at radius 3 is 2.35 bits per heavy atom. The predicted molar refractivity (Wildman–Crippen MR) is 132 cm³/mol. The van der Waals surface area contributed by atoms with E-state index in [0.29, 0.717) is 30.9 Å². The Hall–Kier alpha value is -3.87. The van der Waals surface area contributed by atoms with E-state index in [-0.39, 0.29) is 5.91 Å². The first-order valence-corrected chi connectivity index (χ1v) is 11.4. The van der Waals surface area contributed by atoms with Crippen molar-refractivity contribution in [2.24, 2.45) is 0 Å². The second kappa shape index (κ2) is 10.4. The van der Waals surface area contributed by atoms with Gasteiger partial charge in [-0.2, -0.15) is 5.10 Å². The molecular formula is C27H30N4O3. The van der Waals surface area contributed by atoms with Crippen molar-refractivity contribution in [3.63, 3.8) is 0 Å². The summed E-state index contributed by atoms with van der Waals surface area (Å²) in [4.78, 5) is 17.2. The smallest absolute Gasteiger partial charge is 0.220 e. The lowest BCUT2D eigenvalue weighted by Gasteiger charge is -2.11. The molecule has 34 heavy (non-hydrogen) atoms. The second-order valence-corrected chi connectivity index (χ2v) is 8.25. The van der Waals surface area contributed by atoms with Gasteiger partial charge >= 0.3 is 0 Å². The first-order valence-electron chi connectivity index (χ1n) is 11.4. The summed E-state index contributed by atoms with van der Waals surface area (Å²) in [6.45, 7) is 4.63. The van der Waals surface area contributed by atoms with Gasteiger partial charge in [0.15, 0.2) is 5.65 Å². The summed E-state index contributed by atoms with van der Waals surface area (Å²) in [7, 11) is 3.25. The van der Waals surface area contributed by atoms with Gasteiger partial charge in [0.05, 0.1) is 19.9 Å². The molecule has 1 amide bonds. The Labute approximate surface area is 199 Å². The third-order valence-electron chi connectivity index (χ3n) is 5.99. The number of amides is 1. The van der Waals surface area contributed by atoms with Gasteiger partial charge < -0.3 is 14.8 Å². The molecule has 0 saturated heterocycles. The summed E-state index contributed by atoms with van der Waals surface area (Å²) in [6, 6.07) is 17.8. The molecule has 0 bridgehead atoms. The fourth-order valence-electron chi connectivity index (χ4n) is 4.10. The minimum Gasteiger partial charge on any atom is -0.497 e. The molecule has 0 saturated carbocycles. The number of fused-ring (bicyclic) bond motifs is 1. The summed E-state index contributed by atoms with van der Waals surface area (Å²) < 4.78 is 12.6. The van der Waals surface area contributed by atoms with Gasteiger partial charge in [-0.15, -0.1) is 0 Å². The molecule has 1 N–H and O–H groups in total. The Kier molecular flexibility index (Phi) is 7.11. The van der Waals surface area contributed by atoms with Crippen LogP contribution >= 0.6 is 0 Å². The number of ether oxygens (including phenoxy) is 2. The maximum Gasteiger partial charge on any atom is 0.220 e. The summed E-state index contributed by atoms with van der Waals surface area (Å²) in [5.74, 6) is 1.44. The fraction of sp³-hybridized carbons (Fsp3) is 0.296. The molecule has 2 aromatic heterocycles. The monoisotopic (exact) mass is 458 g/mol. The minimum atomic E-state index is 0.0412. The van der Waals surface area contributed by atoms with Crippen LogP contribution in [0, 0.1) is 13.8 Å². The molecule has 0 aliphatic heterocycles. The molecule has 0 fully saturated rings. The van der Waals surface area contributed by atoms with Crippen molar-refractivity contribution in [1.82, 2.24) is 19.9 Å². The highest BCUT2D eigenvalue weighted by Crippen LogP contribution is 2.30. The van der Waals surface area contributed by atoms with Crippen LogP contribution in [-0.2, 0) is 17.6 Å². The van der Waals surface area contributed by atoms with Gasteiger partial charge in [0.25, 0.3) is 0 Å².